The lowest BCUT2D eigenvalue weighted by Gasteiger charge is -2.34. The van der Waals surface area contributed by atoms with Crippen molar-refractivity contribution in [1.82, 2.24) is 10.2 Å². The summed E-state index contributed by atoms with van der Waals surface area (Å²) in [5, 5.41) is 3.63. The molecule has 1 heterocycles. The molecular formula is C9H20Cl2N2. The lowest BCUT2D eigenvalue weighted by Crippen LogP contribution is -2.47. The summed E-state index contributed by atoms with van der Waals surface area (Å²) in [5.74, 6) is 0. The van der Waals surface area contributed by atoms with Crippen LogP contribution in [0.1, 0.15) is 25.7 Å². The molecule has 0 aromatic carbocycles. The highest BCUT2D eigenvalue weighted by Gasteiger charge is 2.46. The lowest BCUT2D eigenvalue weighted by atomic mass is 9.97. The van der Waals surface area contributed by atoms with Gasteiger partial charge in [0, 0.05) is 11.6 Å². The van der Waals surface area contributed by atoms with Gasteiger partial charge in [-0.2, -0.15) is 0 Å². The summed E-state index contributed by atoms with van der Waals surface area (Å²) in [6.45, 7) is 1.23. The Morgan fingerprint density at radius 2 is 1.85 bits per heavy atom. The molecule has 0 aromatic rings. The summed E-state index contributed by atoms with van der Waals surface area (Å²) in [6, 6.07) is 0.832. The first-order valence-corrected chi connectivity index (χ1v) is 4.63. The fourth-order valence-electron chi connectivity index (χ4n) is 2.10. The number of hydrogen-bond acceptors (Lipinski definition) is 2. The molecule has 0 radical (unpaired) electrons. The molecule has 80 valence electrons. The van der Waals surface area contributed by atoms with Gasteiger partial charge >= 0.3 is 0 Å². The van der Waals surface area contributed by atoms with Crippen LogP contribution in [0.5, 0.6) is 0 Å². The summed E-state index contributed by atoms with van der Waals surface area (Å²) < 4.78 is 0. The quantitative estimate of drug-likeness (QED) is 0.733. The normalized spacial score (nSPS) is 29.3. The first-order chi connectivity index (χ1) is 5.22. The zero-order valence-corrected chi connectivity index (χ0v) is 10.0. The van der Waals surface area contributed by atoms with Crippen LogP contribution in [0.2, 0.25) is 0 Å². The van der Waals surface area contributed by atoms with Gasteiger partial charge in [-0.15, -0.1) is 24.8 Å². The van der Waals surface area contributed by atoms with Crippen molar-refractivity contribution in [3.8, 4) is 0 Å². The fourth-order valence-corrected chi connectivity index (χ4v) is 2.10. The molecule has 1 saturated carbocycles. The number of hydrogen-bond donors (Lipinski definition) is 1. The summed E-state index contributed by atoms with van der Waals surface area (Å²) in [5.41, 5.74) is 0.590. The van der Waals surface area contributed by atoms with Gasteiger partial charge in [-0.25, -0.2) is 0 Å². The predicted molar refractivity (Wildman–Crippen MR) is 61.2 cm³/mol. The van der Waals surface area contributed by atoms with E-state index in [4.69, 9.17) is 0 Å². The Balaban J connectivity index is 0.000000720. The highest BCUT2D eigenvalue weighted by Crippen LogP contribution is 2.42. The molecule has 1 aliphatic carbocycles. The van der Waals surface area contributed by atoms with Gasteiger partial charge in [0.1, 0.15) is 0 Å². The van der Waals surface area contributed by atoms with Crippen molar-refractivity contribution >= 4 is 24.8 Å². The molecule has 2 nitrogen and oxygen atoms in total. The smallest absolute Gasteiger partial charge is 0.0197 e. The number of nitrogens with one attached hydrogen (secondary N) is 1. The molecule has 1 atom stereocenters. The SMILES string of the molecule is CN(C)C1CCNC2(CC2)C1.Cl.Cl. The van der Waals surface area contributed by atoms with Crippen molar-refractivity contribution in [3.05, 3.63) is 0 Å². The van der Waals surface area contributed by atoms with Crippen molar-refractivity contribution < 1.29 is 0 Å². The molecule has 1 saturated heterocycles. The third-order valence-electron chi connectivity index (χ3n) is 3.19. The number of rotatable bonds is 1. The second kappa shape index (κ2) is 4.83. The highest BCUT2D eigenvalue weighted by molar-refractivity contribution is 5.85. The van der Waals surface area contributed by atoms with Crippen LogP contribution in [0.25, 0.3) is 0 Å². The fraction of sp³-hybridized carbons (Fsp3) is 1.00. The molecule has 2 rings (SSSR count). The second-order valence-corrected chi connectivity index (χ2v) is 4.32. The maximum Gasteiger partial charge on any atom is 0.0197 e. The Bertz CT molecular complexity index is 158. The lowest BCUT2D eigenvalue weighted by molar-refractivity contribution is 0.198. The van der Waals surface area contributed by atoms with E-state index >= 15 is 0 Å². The maximum atomic E-state index is 3.63. The van der Waals surface area contributed by atoms with E-state index < -0.39 is 0 Å². The number of nitrogens with zero attached hydrogens (tertiary/aromatic N) is 1. The standard InChI is InChI=1S/C9H18N2.2ClH/c1-11(2)8-3-6-10-9(7-8)4-5-9;;/h8,10H,3-7H2,1-2H3;2*1H. The van der Waals surface area contributed by atoms with E-state index in [9.17, 15) is 0 Å². The van der Waals surface area contributed by atoms with E-state index in [1.807, 2.05) is 0 Å². The van der Waals surface area contributed by atoms with E-state index in [1.165, 1.54) is 32.2 Å². The Hall–Kier alpha value is 0.500. The van der Waals surface area contributed by atoms with Crippen molar-refractivity contribution in [2.45, 2.75) is 37.3 Å². The Labute approximate surface area is 93.3 Å². The van der Waals surface area contributed by atoms with Crippen molar-refractivity contribution in [2.75, 3.05) is 20.6 Å². The minimum absolute atomic E-state index is 0. The van der Waals surface area contributed by atoms with Crippen LogP contribution in [0, 0.1) is 0 Å². The van der Waals surface area contributed by atoms with Gasteiger partial charge < -0.3 is 10.2 Å². The molecule has 1 spiro atoms. The molecule has 0 amide bonds. The summed E-state index contributed by atoms with van der Waals surface area (Å²) in [6.07, 6.45) is 5.53. The molecule has 0 bridgehead atoms. The maximum absolute atomic E-state index is 3.63. The van der Waals surface area contributed by atoms with Crippen LogP contribution in [0.3, 0.4) is 0 Å². The monoisotopic (exact) mass is 226 g/mol. The van der Waals surface area contributed by atoms with Crippen molar-refractivity contribution in [3.63, 3.8) is 0 Å². The third-order valence-corrected chi connectivity index (χ3v) is 3.19. The van der Waals surface area contributed by atoms with Crippen LogP contribution in [-0.2, 0) is 0 Å². The van der Waals surface area contributed by atoms with Crippen LogP contribution in [0.15, 0.2) is 0 Å². The van der Waals surface area contributed by atoms with Gasteiger partial charge in [-0.3, -0.25) is 0 Å². The topological polar surface area (TPSA) is 15.3 Å². The van der Waals surface area contributed by atoms with E-state index in [0.717, 1.165) is 6.04 Å². The third kappa shape index (κ3) is 2.98. The molecular weight excluding hydrogens is 207 g/mol. The molecule has 2 fully saturated rings. The Morgan fingerprint density at radius 3 is 2.31 bits per heavy atom. The van der Waals surface area contributed by atoms with Crippen molar-refractivity contribution in [2.24, 2.45) is 0 Å². The zero-order chi connectivity index (χ0) is 7.90. The number of halogens is 2. The largest absolute Gasteiger partial charge is 0.311 e. The van der Waals surface area contributed by atoms with Crippen LogP contribution >= 0.6 is 24.8 Å². The van der Waals surface area contributed by atoms with Gasteiger partial charge in [0.2, 0.25) is 0 Å². The van der Waals surface area contributed by atoms with E-state index in [-0.39, 0.29) is 24.8 Å². The minimum atomic E-state index is 0. The highest BCUT2D eigenvalue weighted by atomic mass is 35.5. The van der Waals surface area contributed by atoms with Gasteiger partial charge in [0.05, 0.1) is 0 Å². The summed E-state index contributed by atoms with van der Waals surface area (Å²) in [7, 11) is 4.40. The van der Waals surface area contributed by atoms with Crippen LogP contribution < -0.4 is 5.32 Å². The van der Waals surface area contributed by atoms with Gasteiger partial charge in [0.15, 0.2) is 0 Å². The average molecular weight is 227 g/mol. The van der Waals surface area contributed by atoms with Crippen LogP contribution in [-0.4, -0.2) is 37.1 Å². The zero-order valence-electron chi connectivity index (χ0n) is 8.38. The van der Waals surface area contributed by atoms with Gasteiger partial charge in [-0.1, -0.05) is 0 Å². The van der Waals surface area contributed by atoms with Crippen LogP contribution in [0.4, 0.5) is 0 Å². The van der Waals surface area contributed by atoms with Crippen molar-refractivity contribution in [1.29, 1.82) is 0 Å². The molecule has 13 heavy (non-hydrogen) atoms. The molecule has 2 aliphatic rings. The summed E-state index contributed by atoms with van der Waals surface area (Å²) >= 11 is 0. The van der Waals surface area contributed by atoms with E-state index in [1.54, 1.807) is 0 Å². The second-order valence-electron chi connectivity index (χ2n) is 4.32. The van der Waals surface area contributed by atoms with E-state index in [0.29, 0.717) is 5.54 Å². The molecule has 0 aromatic heterocycles. The summed E-state index contributed by atoms with van der Waals surface area (Å²) in [4.78, 5) is 2.38. The molecule has 1 unspecified atom stereocenters. The first-order valence-electron chi connectivity index (χ1n) is 4.63. The van der Waals surface area contributed by atoms with E-state index in [2.05, 4.69) is 24.3 Å². The minimum Gasteiger partial charge on any atom is -0.311 e. The molecule has 4 heteroatoms. The van der Waals surface area contributed by atoms with Gasteiger partial charge in [0.25, 0.3) is 0 Å². The Kier molecular flexibility index (Phi) is 5.02. The Morgan fingerprint density at radius 1 is 1.23 bits per heavy atom. The van der Waals surface area contributed by atoms with Gasteiger partial charge in [-0.05, 0) is 46.3 Å². The number of piperidine rings is 1. The molecule has 1 N–H and O–H groups in total. The average Bonchev–Trinajstić information content (AvgIpc) is 2.69. The first kappa shape index (κ1) is 13.5. The predicted octanol–water partition coefficient (Wildman–Crippen LogP) is 1.68. The molecule has 1 aliphatic heterocycles.